The van der Waals surface area contributed by atoms with Gasteiger partial charge in [-0.2, -0.15) is 5.10 Å². The molecule has 1 saturated carbocycles. The van der Waals surface area contributed by atoms with Crippen molar-refractivity contribution in [2.24, 2.45) is 5.92 Å². The fourth-order valence-electron chi connectivity index (χ4n) is 4.70. The van der Waals surface area contributed by atoms with Crippen LogP contribution in [0, 0.1) is 17.6 Å². The van der Waals surface area contributed by atoms with Crippen LogP contribution >= 0.6 is 11.6 Å². The Kier molecular flexibility index (Phi) is 8.78. The number of rotatable bonds is 10. The number of amides is 2. The molecule has 37 heavy (non-hydrogen) atoms. The van der Waals surface area contributed by atoms with Gasteiger partial charge < -0.3 is 25.2 Å². The van der Waals surface area contributed by atoms with Gasteiger partial charge in [-0.05, 0) is 24.5 Å². The lowest BCUT2D eigenvalue weighted by molar-refractivity contribution is -0.134. The number of benzene rings is 1. The van der Waals surface area contributed by atoms with Crippen LogP contribution in [-0.2, 0) is 16.1 Å². The van der Waals surface area contributed by atoms with Crippen LogP contribution in [0.15, 0.2) is 36.2 Å². The molecule has 0 spiro atoms. The highest BCUT2D eigenvalue weighted by Gasteiger charge is 2.37. The van der Waals surface area contributed by atoms with Gasteiger partial charge in [0, 0.05) is 18.3 Å². The smallest absolute Gasteiger partial charge is 0.251 e. The van der Waals surface area contributed by atoms with E-state index in [1.165, 1.54) is 9.58 Å². The SMILES string of the molecule is O=C(Nc1ccn(C[C@@H](O)CO)n1)[C@H](CC1CCCCC1)N1CC(Oc2c(F)ccc(Cl)c2F)=CC1=O. The molecule has 2 atom stereocenters. The summed E-state index contributed by atoms with van der Waals surface area (Å²) in [4.78, 5) is 27.6. The van der Waals surface area contributed by atoms with Gasteiger partial charge in [0.05, 0.1) is 30.8 Å². The molecule has 1 aromatic carbocycles. The van der Waals surface area contributed by atoms with Crippen molar-refractivity contribution in [3.8, 4) is 5.75 Å². The summed E-state index contributed by atoms with van der Waals surface area (Å²) in [5.41, 5.74) is 0. The molecule has 2 heterocycles. The van der Waals surface area contributed by atoms with Gasteiger partial charge >= 0.3 is 0 Å². The van der Waals surface area contributed by atoms with E-state index >= 15 is 0 Å². The van der Waals surface area contributed by atoms with Crippen molar-refractivity contribution in [3.63, 3.8) is 0 Å². The Balaban J connectivity index is 1.49. The number of halogens is 3. The average Bonchev–Trinajstić information content (AvgIpc) is 3.48. The second kappa shape index (κ2) is 12.0. The standard InChI is InChI=1S/C25H29ClF2N4O5/c26-18-6-7-19(27)24(23(18)28)37-17-11-22(35)32(13-17)20(10-15-4-2-1-3-5-15)25(36)29-21-8-9-31(30-21)12-16(34)14-33/h6-9,11,15-16,20,33-34H,1-5,10,12-14H2,(H,29,30,36)/t16-,20+/m1/s1. The number of anilines is 1. The number of ether oxygens (including phenoxy) is 1. The Morgan fingerprint density at radius 2 is 2.00 bits per heavy atom. The molecular formula is C25H29ClF2N4O5. The first kappa shape index (κ1) is 27.0. The lowest BCUT2D eigenvalue weighted by atomic mass is 9.84. The molecule has 2 amide bonds. The monoisotopic (exact) mass is 538 g/mol. The Bertz CT molecular complexity index is 1170. The third-order valence-electron chi connectivity index (χ3n) is 6.59. The number of aromatic nitrogens is 2. The zero-order chi connectivity index (χ0) is 26.5. The van der Waals surface area contributed by atoms with Gasteiger partial charge in [0.15, 0.2) is 23.2 Å². The second-order valence-electron chi connectivity index (χ2n) is 9.36. The van der Waals surface area contributed by atoms with Crippen molar-refractivity contribution < 1.29 is 33.3 Å². The molecule has 0 saturated heterocycles. The molecule has 4 rings (SSSR count). The van der Waals surface area contributed by atoms with E-state index in [9.17, 15) is 23.5 Å². The summed E-state index contributed by atoms with van der Waals surface area (Å²) in [5, 5.41) is 25.2. The largest absolute Gasteiger partial charge is 0.453 e. The summed E-state index contributed by atoms with van der Waals surface area (Å²) in [6.45, 7) is -0.529. The third-order valence-corrected chi connectivity index (χ3v) is 6.88. The summed E-state index contributed by atoms with van der Waals surface area (Å²) in [6.07, 6.45) is 7.19. The minimum absolute atomic E-state index is 0.00576. The van der Waals surface area contributed by atoms with Crippen molar-refractivity contribution in [2.45, 2.75) is 57.2 Å². The number of carbonyl (C=O) groups excluding carboxylic acids is 2. The summed E-state index contributed by atoms with van der Waals surface area (Å²) in [6, 6.07) is 2.71. The molecule has 1 fully saturated rings. The van der Waals surface area contributed by atoms with Crippen LogP contribution in [0.3, 0.4) is 0 Å². The number of carbonyl (C=O) groups is 2. The molecule has 3 N–H and O–H groups in total. The maximum atomic E-state index is 14.3. The van der Waals surface area contributed by atoms with Crippen molar-refractivity contribution in [1.82, 2.24) is 14.7 Å². The molecule has 0 bridgehead atoms. The van der Waals surface area contributed by atoms with E-state index in [2.05, 4.69) is 10.4 Å². The molecule has 0 unspecified atom stereocenters. The first-order valence-electron chi connectivity index (χ1n) is 12.2. The van der Waals surface area contributed by atoms with Crippen LogP contribution in [0.25, 0.3) is 0 Å². The van der Waals surface area contributed by atoms with E-state index in [4.69, 9.17) is 21.4 Å². The lowest BCUT2D eigenvalue weighted by Gasteiger charge is -2.31. The zero-order valence-corrected chi connectivity index (χ0v) is 20.8. The highest BCUT2D eigenvalue weighted by molar-refractivity contribution is 6.30. The minimum atomic E-state index is -1.08. The third kappa shape index (κ3) is 6.65. The Morgan fingerprint density at radius 1 is 1.24 bits per heavy atom. The van der Waals surface area contributed by atoms with E-state index in [-0.39, 0.29) is 35.6 Å². The summed E-state index contributed by atoms with van der Waals surface area (Å²) in [7, 11) is 0. The number of aliphatic hydroxyl groups excluding tert-OH is 2. The van der Waals surface area contributed by atoms with E-state index in [1.54, 1.807) is 12.3 Å². The molecule has 0 radical (unpaired) electrons. The molecule has 1 aliphatic carbocycles. The van der Waals surface area contributed by atoms with E-state index in [1.807, 2.05) is 0 Å². The predicted molar refractivity (Wildman–Crippen MR) is 131 cm³/mol. The number of nitrogens with zero attached hydrogens (tertiary/aromatic N) is 3. The lowest BCUT2D eigenvalue weighted by Crippen LogP contribution is -2.46. The molecule has 2 aromatic rings. The van der Waals surface area contributed by atoms with Crippen molar-refractivity contribution in [1.29, 1.82) is 0 Å². The van der Waals surface area contributed by atoms with Crippen molar-refractivity contribution in [3.05, 3.63) is 52.9 Å². The van der Waals surface area contributed by atoms with Gasteiger partial charge in [-0.25, -0.2) is 8.78 Å². The Morgan fingerprint density at radius 3 is 2.73 bits per heavy atom. The topological polar surface area (TPSA) is 117 Å². The Labute approximate surface area is 217 Å². The van der Waals surface area contributed by atoms with Crippen LogP contribution in [-0.4, -0.2) is 62.0 Å². The second-order valence-corrected chi connectivity index (χ2v) is 9.76. The summed E-state index contributed by atoms with van der Waals surface area (Å²) in [5.74, 6) is -3.26. The highest BCUT2D eigenvalue weighted by atomic mass is 35.5. The van der Waals surface area contributed by atoms with Crippen LogP contribution < -0.4 is 10.1 Å². The number of hydrogen-bond donors (Lipinski definition) is 3. The number of nitrogens with one attached hydrogen (secondary N) is 1. The van der Waals surface area contributed by atoms with Crippen LogP contribution in [0.1, 0.15) is 38.5 Å². The first-order chi connectivity index (χ1) is 17.7. The van der Waals surface area contributed by atoms with Crippen LogP contribution in [0.2, 0.25) is 5.02 Å². The Hall–Kier alpha value is -3.02. The van der Waals surface area contributed by atoms with Crippen molar-refractivity contribution in [2.75, 3.05) is 18.5 Å². The molecule has 1 aliphatic heterocycles. The van der Waals surface area contributed by atoms with Gasteiger partial charge in [0.1, 0.15) is 11.8 Å². The van der Waals surface area contributed by atoms with Crippen LogP contribution in [0.5, 0.6) is 5.75 Å². The maximum Gasteiger partial charge on any atom is 0.251 e. The number of hydrogen-bond acceptors (Lipinski definition) is 6. The summed E-state index contributed by atoms with van der Waals surface area (Å²) < 4.78 is 35.3. The molecule has 1 aromatic heterocycles. The predicted octanol–water partition coefficient (Wildman–Crippen LogP) is 3.25. The average molecular weight is 539 g/mol. The van der Waals surface area contributed by atoms with Gasteiger partial charge in [0.25, 0.3) is 5.91 Å². The molecule has 9 nitrogen and oxygen atoms in total. The van der Waals surface area contributed by atoms with Crippen LogP contribution in [0.4, 0.5) is 14.6 Å². The zero-order valence-electron chi connectivity index (χ0n) is 20.1. The normalized spacial score (nSPS) is 18.0. The highest BCUT2D eigenvalue weighted by Crippen LogP contribution is 2.33. The minimum Gasteiger partial charge on any atom is -0.453 e. The molecule has 2 aliphatic rings. The van der Waals surface area contributed by atoms with Gasteiger partial charge in [0.2, 0.25) is 5.91 Å². The van der Waals surface area contributed by atoms with E-state index in [0.29, 0.717) is 6.42 Å². The molecule has 12 heteroatoms. The number of aliphatic hydroxyl groups is 2. The maximum absolute atomic E-state index is 14.3. The van der Waals surface area contributed by atoms with E-state index in [0.717, 1.165) is 50.3 Å². The van der Waals surface area contributed by atoms with Gasteiger partial charge in [-0.15, -0.1) is 0 Å². The van der Waals surface area contributed by atoms with Gasteiger partial charge in [-0.1, -0.05) is 43.7 Å². The summed E-state index contributed by atoms with van der Waals surface area (Å²) >= 11 is 5.74. The molecule has 200 valence electrons. The fourth-order valence-corrected chi connectivity index (χ4v) is 4.85. The first-order valence-corrected chi connectivity index (χ1v) is 12.6. The van der Waals surface area contributed by atoms with E-state index < -0.39 is 48.0 Å². The molecular weight excluding hydrogens is 510 g/mol. The quantitative estimate of drug-likeness (QED) is 0.400. The van der Waals surface area contributed by atoms with Crippen molar-refractivity contribution >= 4 is 29.2 Å². The van der Waals surface area contributed by atoms with Gasteiger partial charge in [-0.3, -0.25) is 14.3 Å². The fraction of sp³-hybridized carbons (Fsp3) is 0.480.